The highest BCUT2D eigenvalue weighted by atomic mass is 15.2. The molecule has 2 aliphatic heterocycles. The fraction of sp³-hybridized carbons (Fsp3) is 0.733. The molecule has 2 aliphatic rings. The number of anilines is 2. The van der Waals surface area contributed by atoms with Crippen LogP contribution in [0, 0.1) is 0 Å². The molecule has 3 rings (SSSR count). The first-order valence-electron chi connectivity index (χ1n) is 7.88. The van der Waals surface area contributed by atoms with Gasteiger partial charge in [0, 0.05) is 31.1 Å². The standard InChI is InChI=1S/C15H25N5/c1-2-4-14-18-13(16)10-15(19-14)17-11-6-8-20-7-3-5-12(20)9-11/h10-12H,2-9H2,1H3,(H3,16,17,18,19). The summed E-state index contributed by atoms with van der Waals surface area (Å²) >= 11 is 0. The highest BCUT2D eigenvalue weighted by Crippen LogP contribution is 2.28. The van der Waals surface area contributed by atoms with Gasteiger partial charge >= 0.3 is 0 Å². The molecule has 0 aromatic carbocycles. The monoisotopic (exact) mass is 275 g/mol. The molecule has 0 aliphatic carbocycles. The van der Waals surface area contributed by atoms with Crippen LogP contribution in [0.25, 0.3) is 0 Å². The van der Waals surface area contributed by atoms with Crippen LogP contribution < -0.4 is 11.1 Å². The highest BCUT2D eigenvalue weighted by molar-refractivity contribution is 5.45. The Kier molecular flexibility index (Phi) is 4.05. The van der Waals surface area contributed by atoms with Gasteiger partial charge in [-0.3, -0.25) is 0 Å². The summed E-state index contributed by atoms with van der Waals surface area (Å²) in [5.74, 6) is 2.33. The summed E-state index contributed by atoms with van der Waals surface area (Å²) in [5.41, 5.74) is 5.88. The number of aromatic nitrogens is 2. The number of fused-ring (bicyclic) bond motifs is 1. The van der Waals surface area contributed by atoms with E-state index in [-0.39, 0.29) is 0 Å². The molecule has 0 radical (unpaired) electrons. The van der Waals surface area contributed by atoms with Crippen LogP contribution in [0.3, 0.4) is 0 Å². The maximum Gasteiger partial charge on any atom is 0.133 e. The Morgan fingerprint density at radius 1 is 1.35 bits per heavy atom. The molecule has 2 atom stereocenters. The van der Waals surface area contributed by atoms with Crippen molar-refractivity contribution in [1.82, 2.24) is 14.9 Å². The summed E-state index contributed by atoms with van der Waals surface area (Å²) in [5, 5.41) is 3.58. The number of nitrogens with two attached hydrogens (primary N) is 1. The van der Waals surface area contributed by atoms with Crippen molar-refractivity contribution in [2.45, 2.75) is 57.5 Å². The zero-order valence-corrected chi connectivity index (χ0v) is 12.3. The van der Waals surface area contributed by atoms with Crippen molar-refractivity contribution in [2.24, 2.45) is 0 Å². The minimum Gasteiger partial charge on any atom is -0.384 e. The zero-order valence-electron chi connectivity index (χ0n) is 12.3. The number of rotatable bonds is 4. The number of hydrogen-bond donors (Lipinski definition) is 2. The van der Waals surface area contributed by atoms with Crippen molar-refractivity contribution in [3.63, 3.8) is 0 Å². The first-order valence-corrected chi connectivity index (χ1v) is 7.88. The molecule has 1 aromatic heterocycles. The van der Waals surface area contributed by atoms with E-state index in [0.29, 0.717) is 11.9 Å². The van der Waals surface area contributed by atoms with Gasteiger partial charge in [-0.05, 0) is 38.6 Å². The van der Waals surface area contributed by atoms with Crippen molar-refractivity contribution in [1.29, 1.82) is 0 Å². The van der Waals surface area contributed by atoms with Gasteiger partial charge < -0.3 is 16.0 Å². The van der Waals surface area contributed by atoms with Gasteiger partial charge in [0.1, 0.15) is 17.5 Å². The van der Waals surface area contributed by atoms with E-state index in [1.54, 1.807) is 0 Å². The molecule has 0 spiro atoms. The van der Waals surface area contributed by atoms with E-state index in [9.17, 15) is 0 Å². The lowest BCUT2D eigenvalue weighted by Gasteiger charge is -2.35. The summed E-state index contributed by atoms with van der Waals surface area (Å²) < 4.78 is 0. The Labute approximate surface area is 121 Å². The lowest BCUT2D eigenvalue weighted by Crippen LogP contribution is -2.42. The second-order valence-corrected chi connectivity index (χ2v) is 6.04. The number of nitrogens with one attached hydrogen (secondary N) is 1. The number of piperidine rings is 1. The molecule has 2 unspecified atom stereocenters. The lowest BCUT2D eigenvalue weighted by molar-refractivity contribution is 0.188. The van der Waals surface area contributed by atoms with Crippen LogP contribution in [-0.2, 0) is 6.42 Å². The number of nitrogens with zero attached hydrogens (tertiary/aromatic N) is 3. The van der Waals surface area contributed by atoms with E-state index in [4.69, 9.17) is 5.73 Å². The first-order chi connectivity index (χ1) is 9.74. The smallest absolute Gasteiger partial charge is 0.133 e. The average molecular weight is 275 g/mol. The van der Waals surface area contributed by atoms with Crippen LogP contribution in [-0.4, -0.2) is 40.0 Å². The van der Waals surface area contributed by atoms with E-state index < -0.39 is 0 Å². The molecule has 5 nitrogen and oxygen atoms in total. The van der Waals surface area contributed by atoms with Crippen LogP contribution in [0.4, 0.5) is 11.6 Å². The summed E-state index contributed by atoms with van der Waals surface area (Å²) in [4.78, 5) is 11.5. The molecule has 1 aromatic rings. The third kappa shape index (κ3) is 3.03. The SMILES string of the molecule is CCCc1nc(N)cc(NC2CCN3CCCC3C2)n1. The van der Waals surface area contributed by atoms with Gasteiger partial charge in [-0.25, -0.2) is 9.97 Å². The second-order valence-electron chi connectivity index (χ2n) is 6.04. The summed E-state index contributed by atoms with van der Waals surface area (Å²) in [7, 11) is 0. The van der Waals surface area contributed by atoms with E-state index in [1.807, 2.05) is 6.07 Å². The molecule has 20 heavy (non-hydrogen) atoms. The molecule has 110 valence electrons. The summed E-state index contributed by atoms with van der Waals surface area (Å²) in [6, 6.07) is 3.16. The van der Waals surface area contributed by atoms with E-state index in [1.165, 1.54) is 38.8 Å². The number of hydrogen-bond acceptors (Lipinski definition) is 5. The molecule has 0 bridgehead atoms. The van der Waals surface area contributed by atoms with Crippen LogP contribution in [0.5, 0.6) is 0 Å². The largest absolute Gasteiger partial charge is 0.384 e. The molecule has 0 amide bonds. The Bertz CT molecular complexity index is 462. The van der Waals surface area contributed by atoms with Gasteiger partial charge in [-0.1, -0.05) is 6.92 Å². The Hall–Kier alpha value is -1.36. The van der Waals surface area contributed by atoms with Crippen LogP contribution in [0.2, 0.25) is 0 Å². The van der Waals surface area contributed by atoms with Crippen molar-refractivity contribution >= 4 is 11.6 Å². The van der Waals surface area contributed by atoms with E-state index in [0.717, 1.165) is 30.5 Å². The van der Waals surface area contributed by atoms with Crippen LogP contribution >= 0.6 is 0 Å². The number of nitrogen functional groups attached to an aromatic ring is 1. The van der Waals surface area contributed by atoms with E-state index >= 15 is 0 Å². The normalized spacial score (nSPS) is 26.4. The predicted molar refractivity (Wildman–Crippen MR) is 81.7 cm³/mol. The number of aryl methyl sites for hydroxylation is 1. The van der Waals surface area contributed by atoms with Gasteiger partial charge in [0.25, 0.3) is 0 Å². The minimum atomic E-state index is 0.526. The third-order valence-corrected chi connectivity index (χ3v) is 4.44. The van der Waals surface area contributed by atoms with Crippen molar-refractivity contribution < 1.29 is 0 Å². The predicted octanol–water partition coefficient (Wildman–Crippen LogP) is 2.05. The molecule has 2 saturated heterocycles. The maximum absolute atomic E-state index is 5.88. The minimum absolute atomic E-state index is 0.526. The first kappa shape index (κ1) is 13.6. The van der Waals surface area contributed by atoms with Gasteiger partial charge in [0.15, 0.2) is 0 Å². The lowest BCUT2D eigenvalue weighted by atomic mass is 9.97. The third-order valence-electron chi connectivity index (χ3n) is 4.44. The van der Waals surface area contributed by atoms with Crippen LogP contribution in [0.15, 0.2) is 6.07 Å². The molecular formula is C15H25N5. The molecular weight excluding hydrogens is 250 g/mol. The summed E-state index contributed by atoms with van der Waals surface area (Å²) in [6.45, 7) is 4.64. The van der Waals surface area contributed by atoms with Crippen molar-refractivity contribution in [2.75, 3.05) is 24.1 Å². The van der Waals surface area contributed by atoms with E-state index in [2.05, 4.69) is 27.1 Å². The fourth-order valence-corrected chi connectivity index (χ4v) is 3.49. The van der Waals surface area contributed by atoms with Gasteiger partial charge in [-0.15, -0.1) is 0 Å². The van der Waals surface area contributed by atoms with Gasteiger partial charge in [-0.2, -0.15) is 0 Å². The zero-order chi connectivity index (χ0) is 13.9. The van der Waals surface area contributed by atoms with Gasteiger partial charge in [0.05, 0.1) is 0 Å². The quantitative estimate of drug-likeness (QED) is 0.880. The maximum atomic E-state index is 5.88. The molecule has 2 fully saturated rings. The van der Waals surface area contributed by atoms with Crippen molar-refractivity contribution in [3.05, 3.63) is 11.9 Å². The highest BCUT2D eigenvalue weighted by Gasteiger charge is 2.31. The average Bonchev–Trinajstić information content (AvgIpc) is 2.85. The fourth-order valence-electron chi connectivity index (χ4n) is 3.49. The molecule has 0 saturated carbocycles. The molecule has 3 heterocycles. The molecule has 3 N–H and O–H groups in total. The van der Waals surface area contributed by atoms with Crippen molar-refractivity contribution in [3.8, 4) is 0 Å². The summed E-state index contributed by atoms with van der Waals surface area (Å²) in [6.07, 6.45) is 7.07. The Balaban J connectivity index is 1.65. The topological polar surface area (TPSA) is 67.1 Å². The molecule has 5 heteroatoms. The Morgan fingerprint density at radius 3 is 3.10 bits per heavy atom. The van der Waals surface area contributed by atoms with Crippen LogP contribution in [0.1, 0.15) is 44.9 Å². The Morgan fingerprint density at radius 2 is 2.25 bits per heavy atom. The second kappa shape index (κ2) is 5.95. The van der Waals surface area contributed by atoms with Gasteiger partial charge in [0.2, 0.25) is 0 Å².